The van der Waals surface area contributed by atoms with Crippen LogP contribution in [0.25, 0.3) is 0 Å². The topological polar surface area (TPSA) is 35.5 Å². The molecule has 0 unspecified atom stereocenters. The van der Waals surface area contributed by atoms with Gasteiger partial charge in [-0.15, -0.1) is 6.42 Å². The largest absolute Gasteiger partial charge is 0.420 e. The SMILES string of the molecule is C#CCO[C@]1(c2ccc(Cl)cc2)OC(=O)c2ccccc21. The second kappa shape index (κ2) is 5.25. The van der Waals surface area contributed by atoms with Crippen LogP contribution in [0.2, 0.25) is 5.02 Å². The Hall–Kier alpha value is -2.28. The lowest BCUT2D eigenvalue weighted by Crippen LogP contribution is -2.31. The number of hydrogen-bond donors (Lipinski definition) is 0. The number of esters is 1. The molecule has 0 N–H and O–H groups in total. The zero-order valence-corrected chi connectivity index (χ0v) is 11.8. The number of rotatable bonds is 3. The van der Waals surface area contributed by atoms with Crippen LogP contribution in [0.1, 0.15) is 21.5 Å². The minimum atomic E-state index is -1.31. The molecule has 0 spiro atoms. The maximum atomic E-state index is 12.1. The van der Waals surface area contributed by atoms with Crippen LogP contribution in [-0.2, 0) is 15.3 Å². The lowest BCUT2D eigenvalue weighted by atomic mass is 9.95. The summed E-state index contributed by atoms with van der Waals surface area (Å²) in [5.74, 6) is 0.659. The van der Waals surface area contributed by atoms with E-state index in [1.165, 1.54) is 0 Å². The number of benzene rings is 2. The van der Waals surface area contributed by atoms with Crippen molar-refractivity contribution >= 4 is 17.6 Å². The smallest absolute Gasteiger partial charge is 0.341 e. The Morgan fingerprint density at radius 1 is 1.19 bits per heavy atom. The monoisotopic (exact) mass is 298 g/mol. The summed E-state index contributed by atoms with van der Waals surface area (Å²) in [6.07, 6.45) is 5.29. The van der Waals surface area contributed by atoms with E-state index in [-0.39, 0.29) is 6.61 Å². The van der Waals surface area contributed by atoms with Gasteiger partial charge in [0, 0.05) is 16.1 Å². The molecule has 0 radical (unpaired) electrons. The van der Waals surface area contributed by atoms with Crippen LogP contribution in [0.4, 0.5) is 0 Å². The first-order valence-electron chi connectivity index (χ1n) is 6.34. The standard InChI is InChI=1S/C17H11ClO3/c1-2-11-20-17(12-7-9-13(18)10-8-12)15-6-4-3-5-14(15)16(19)21-17/h1,3-10H,11H2/t17-/m1/s1. The summed E-state index contributed by atoms with van der Waals surface area (Å²) in [4.78, 5) is 12.1. The van der Waals surface area contributed by atoms with E-state index >= 15 is 0 Å². The highest BCUT2D eigenvalue weighted by atomic mass is 35.5. The Bertz CT molecular complexity index is 730. The zero-order valence-electron chi connectivity index (χ0n) is 11.0. The van der Waals surface area contributed by atoms with Crippen LogP contribution in [0, 0.1) is 12.3 Å². The predicted octanol–water partition coefficient (Wildman–Crippen LogP) is 3.36. The molecule has 0 aromatic heterocycles. The summed E-state index contributed by atoms with van der Waals surface area (Å²) in [6, 6.07) is 14.0. The van der Waals surface area contributed by atoms with Gasteiger partial charge in [0.1, 0.15) is 6.61 Å². The van der Waals surface area contributed by atoms with Crippen molar-refractivity contribution in [1.82, 2.24) is 0 Å². The van der Waals surface area contributed by atoms with E-state index in [4.69, 9.17) is 27.5 Å². The van der Waals surface area contributed by atoms with E-state index in [0.717, 1.165) is 0 Å². The van der Waals surface area contributed by atoms with Gasteiger partial charge >= 0.3 is 5.97 Å². The van der Waals surface area contributed by atoms with Gasteiger partial charge in [0.2, 0.25) is 0 Å². The number of carbonyl (C=O) groups is 1. The Morgan fingerprint density at radius 3 is 2.62 bits per heavy atom. The molecule has 1 aliphatic heterocycles. The number of cyclic esters (lactones) is 1. The fourth-order valence-corrected chi connectivity index (χ4v) is 2.53. The molecule has 0 saturated heterocycles. The van der Waals surface area contributed by atoms with E-state index in [2.05, 4.69) is 5.92 Å². The van der Waals surface area contributed by atoms with Gasteiger partial charge in [-0.1, -0.05) is 47.9 Å². The molecule has 0 bridgehead atoms. The second-order valence-corrected chi connectivity index (χ2v) is 4.99. The summed E-state index contributed by atoms with van der Waals surface area (Å²) in [5, 5.41) is 0.587. The Labute approximate surface area is 127 Å². The normalized spacial score (nSPS) is 19.7. The zero-order chi connectivity index (χ0) is 14.9. The minimum Gasteiger partial charge on any atom is -0.420 e. The van der Waals surface area contributed by atoms with Crippen molar-refractivity contribution in [3.05, 3.63) is 70.2 Å². The van der Waals surface area contributed by atoms with Gasteiger partial charge in [-0.2, -0.15) is 0 Å². The molecule has 0 saturated carbocycles. The summed E-state index contributed by atoms with van der Waals surface area (Å²) in [7, 11) is 0. The van der Waals surface area contributed by atoms with Crippen molar-refractivity contribution in [3.8, 4) is 12.3 Å². The third-order valence-electron chi connectivity index (χ3n) is 3.32. The van der Waals surface area contributed by atoms with Crippen molar-refractivity contribution in [2.45, 2.75) is 5.79 Å². The molecule has 2 aromatic carbocycles. The van der Waals surface area contributed by atoms with Crippen molar-refractivity contribution in [2.75, 3.05) is 6.61 Å². The Morgan fingerprint density at radius 2 is 1.90 bits per heavy atom. The number of fused-ring (bicyclic) bond motifs is 1. The van der Waals surface area contributed by atoms with Gasteiger partial charge in [0.25, 0.3) is 5.79 Å². The summed E-state index contributed by atoms with van der Waals surface area (Å²) in [5.41, 5.74) is 1.79. The molecule has 104 valence electrons. The molecule has 4 heteroatoms. The van der Waals surface area contributed by atoms with E-state index in [0.29, 0.717) is 21.7 Å². The van der Waals surface area contributed by atoms with Crippen LogP contribution in [0.15, 0.2) is 48.5 Å². The van der Waals surface area contributed by atoms with Crippen LogP contribution in [0.3, 0.4) is 0 Å². The lowest BCUT2D eigenvalue weighted by Gasteiger charge is -2.28. The molecule has 21 heavy (non-hydrogen) atoms. The molecule has 1 heterocycles. The molecule has 0 amide bonds. The molecule has 3 rings (SSSR count). The molecular weight excluding hydrogens is 288 g/mol. The number of hydrogen-bond acceptors (Lipinski definition) is 3. The highest BCUT2D eigenvalue weighted by Crippen LogP contribution is 2.43. The van der Waals surface area contributed by atoms with Gasteiger partial charge in [0.15, 0.2) is 0 Å². The lowest BCUT2D eigenvalue weighted by molar-refractivity contribution is -0.165. The molecule has 0 fully saturated rings. The average Bonchev–Trinajstić information content (AvgIpc) is 2.80. The summed E-state index contributed by atoms with van der Waals surface area (Å²) in [6.45, 7) is 0.0181. The van der Waals surface area contributed by atoms with E-state index in [9.17, 15) is 4.79 Å². The quantitative estimate of drug-likeness (QED) is 0.644. The number of ether oxygens (including phenoxy) is 2. The van der Waals surface area contributed by atoms with Gasteiger partial charge < -0.3 is 9.47 Å². The number of halogens is 1. The van der Waals surface area contributed by atoms with Gasteiger partial charge in [-0.05, 0) is 18.2 Å². The van der Waals surface area contributed by atoms with Crippen LogP contribution < -0.4 is 0 Å². The van der Waals surface area contributed by atoms with E-state index < -0.39 is 11.8 Å². The third kappa shape index (κ3) is 2.19. The van der Waals surface area contributed by atoms with Crippen molar-refractivity contribution in [1.29, 1.82) is 0 Å². The summed E-state index contributed by atoms with van der Waals surface area (Å²) >= 11 is 5.92. The third-order valence-corrected chi connectivity index (χ3v) is 3.57. The molecule has 3 nitrogen and oxygen atoms in total. The van der Waals surface area contributed by atoms with E-state index in [1.807, 2.05) is 6.07 Å². The van der Waals surface area contributed by atoms with E-state index in [1.54, 1.807) is 42.5 Å². The first-order valence-corrected chi connectivity index (χ1v) is 6.71. The second-order valence-electron chi connectivity index (χ2n) is 4.55. The summed E-state index contributed by atoms with van der Waals surface area (Å²) < 4.78 is 11.3. The van der Waals surface area contributed by atoms with Crippen LogP contribution in [0.5, 0.6) is 0 Å². The maximum Gasteiger partial charge on any atom is 0.341 e. The van der Waals surface area contributed by atoms with Gasteiger partial charge in [-0.25, -0.2) is 4.79 Å². The highest BCUT2D eigenvalue weighted by molar-refractivity contribution is 6.30. The average molecular weight is 299 g/mol. The van der Waals surface area contributed by atoms with Gasteiger partial charge in [-0.3, -0.25) is 0 Å². The highest BCUT2D eigenvalue weighted by Gasteiger charge is 2.48. The first-order chi connectivity index (χ1) is 10.2. The van der Waals surface area contributed by atoms with Crippen LogP contribution in [-0.4, -0.2) is 12.6 Å². The molecule has 1 atom stereocenters. The molecule has 1 aliphatic rings. The number of carbonyl (C=O) groups excluding carboxylic acids is 1. The fourth-order valence-electron chi connectivity index (χ4n) is 2.41. The fraction of sp³-hybridized carbons (Fsp3) is 0.118. The Kier molecular flexibility index (Phi) is 3.42. The first kappa shape index (κ1) is 13.7. The predicted molar refractivity (Wildman–Crippen MR) is 78.9 cm³/mol. The Balaban J connectivity index is 2.18. The number of terminal acetylenes is 1. The van der Waals surface area contributed by atoms with Crippen LogP contribution >= 0.6 is 11.6 Å². The maximum absolute atomic E-state index is 12.1. The molecular formula is C17H11ClO3. The van der Waals surface area contributed by atoms with Crippen molar-refractivity contribution in [3.63, 3.8) is 0 Å². The molecule has 0 aliphatic carbocycles. The van der Waals surface area contributed by atoms with Gasteiger partial charge in [0.05, 0.1) is 5.56 Å². The minimum absolute atomic E-state index is 0.0181. The molecule has 2 aromatic rings. The van der Waals surface area contributed by atoms with Crippen molar-refractivity contribution in [2.24, 2.45) is 0 Å². The van der Waals surface area contributed by atoms with Crippen molar-refractivity contribution < 1.29 is 14.3 Å².